The first-order chi connectivity index (χ1) is 15.8. The van der Waals surface area contributed by atoms with Gasteiger partial charge in [0.25, 0.3) is 0 Å². The van der Waals surface area contributed by atoms with Crippen LogP contribution in [0.25, 0.3) is 0 Å². The highest BCUT2D eigenvalue weighted by molar-refractivity contribution is 5.46. The van der Waals surface area contributed by atoms with Crippen LogP contribution in [-0.2, 0) is 23.7 Å². The Labute approximate surface area is 195 Å². The first-order valence-corrected chi connectivity index (χ1v) is 12.8. The number of likely N-dealkylation sites (N-methyl/N-ethyl adjacent to an activating group) is 1. The molecular formula is C25H39NO7. The summed E-state index contributed by atoms with van der Waals surface area (Å²) < 4.78 is 31.8. The molecule has 0 amide bonds. The molecule has 5 aliphatic carbocycles. The van der Waals surface area contributed by atoms with Gasteiger partial charge < -0.3 is 33.9 Å². The molecule has 0 aromatic heterocycles. The van der Waals surface area contributed by atoms with E-state index in [1.54, 1.807) is 21.3 Å². The van der Waals surface area contributed by atoms with Gasteiger partial charge in [-0.3, -0.25) is 4.90 Å². The largest absolute Gasteiger partial charge is 0.390 e. The van der Waals surface area contributed by atoms with Crippen LogP contribution in [-0.4, -0.2) is 104 Å². The smallest absolute Gasteiger partial charge is 0.148 e. The van der Waals surface area contributed by atoms with Crippen molar-refractivity contribution < 1.29 is 33.9 Å². The van der Waals surface area contributed by atoms with E-state index in [9.17, 15) is 10.2 Å². The molecule has 2 aliphatic heterocycles. The van der Waals surface area contributed by atoms with Gasteiger partial charge in [-0.15, -0.1) is 0 Å². The number of aliphatic hydroxyl groups is 2. The maximum absolute atomic E-state index is 13.2. The summed E-state index contributed by atoms with van der Waals surface area (Å²) in [6.07, 6.45) is 1.72. The molecule has 7 bridgehead atoms. The summed E-state index contributed by atoms with van der Waals surface area (Å²) in [4.78, 5) is 2.48. The molecule has 7 fully saturated rings. The monoisotopic (exact) mass is 465 g/mol. The minimum absolute atomic E-state index is 0.0641. The van der Waals surface area contributed by atoms with Gasteiger partial charge in [0.2, 0.25) is 0 Å². The zero-order valence-corrected chi connectivity index (χ0v) is 20.5. The highest BCUT2D eigenvalue weighted by atomic mass is 16.7. The third kappa shape index (κ3) is 1.85. The molecule has 8 nitrogen and oxygen atoms in total. The molecule has 3 spiro atoms. The zero-order chi connectivity index (χ0) is 23.2. The third-order valence-corrected chi connectivity index (χ3v) is 11.9. The van der Waals surface area contributed by atoms with Crippen molar-refractivity contribution in [2.45, 2.75) is 86.8 Å². The van der Waals surface area contributed by atoms with Gasteiger partial charge in [0, 0.05) is 52.0 Å². The Morgan fingerprint density at radius 3 is 2.52 bits per heavy atom. The van der Waals surface area contributed by atoms with E-state index >= 15 is 0 Å². The molecule has 2 N–H and O–H groups in total. The summed E-state index contributed by atoms with van der Waals surface area (Å²) in [5, 5.41) is 25.6. The average Bonchev–Trinajstić information content (AvgIpc) is 3.35. The van der Waals surface area contributed by atoms with Crippen LogP contribution in [0.2, 0.25) is 0 Å². The molecule has 2 heterocycles. The van der Waals surface area contributed by atoms with Crippen LogP contribution >= 0.6 is 0 Å². The van der Waals surface area contributed by atoms with E-state index in [2.05, 4.69) is 18.7 Å². The lowest BCUT2D eigenvalue weighted by molar-refractivity contribution is -0.332. The summed E-state index contributed by atoms with van der Waals surface area (Å²) in [7, 11) is 5.25. The van der Waals surface area contributed by atoms with Crippen molar-refractivity contribution in [1.29, 1.82) is 0 Å². The van der Waals surface area contributed by atoms with Crippen LogP contribution < -0.4 is 0 Å². The Hall–Kier alpha value is -0.320. The number of rotatable bonds is 4. The van der Waals surface area contributed by atoms with Crippen molar-refractivity contribution in [1.82, 2.24) is 4.90 Å². The molecule has 186 valence electrons. The fourth-order valence-corrected chi connectivity index (χ4v) is 11.5. The number of hydrogen-bond donors (Lipinski definition) is 2. The maximum Gasteiger partial charge on any atom is 0.148 e. The maximum atomic E-state index is 13.2. The predicted octanol–water partition coefficient (Wildman–Crippen LogP) is 0.779. The second-order valence-electron chi connectivity index (χ2n) is 12.3. The van der Waals surface area contributed by atoms with Crippen molar-refractivity contribution in [3.63, 3.8) is 0 Å². The average molecular weight is 466 g/mol. The molecule has 5 saturated carbocycles. The Balaban J connectivity index is 1.60. The molecule has 8 heteroatoms. The quantitative estimate of drug-likeness (QED) is 0.630. The highest BCUT2D eigenvalue weighted by Crippen LogP contribution is 2.83. The van der Waals surface area contributed by atoms with Crippen molar-refractivity contribution in [3.8, 4) is 0 Å². The second-order valence-corrected chi connectivity index (χ2v) is 12.3. The molecule has 0 aromatic carbocycles. The van der Waals surface area contributed by atoms with Gasteiger partial charge >= 0.3 is 0 Å². The van der Waals surface area contributed by atoms with E-state index in [-0.39, 0.29) is 54.3 Å². The van der Waals surface area contributed by atoms with Gasteiger partial charge in [0.1, 0.15) is 18.0 Å². The number of nitrogens with zero attached hydrogens (tertiary/aromatic N) is 1. The summed E-state index contributed by atoms with van der Waals surface area (Å²) >= 11 is 0. The lowest BCUT2D eigenvalue weighted by atomic mass is 9.41. The van der Waals surface area contributed by atoms with E-state index in [1.165, 1.54) is 0 Å². The number of likely N-dealkylation sites (tertiary alicyclic amines) is 1. The Kier molecular flexibility index (Phi) is 4.20. The fraction of sp³-hybridized carbons (Fsp3) is 1.00. The first-order valence-electron chi connectivity index (χ1n) is 12.8. The van der Waals surface area contributed by atoms with Gasteiger partial charge in [-0.05, 0) is 31.2 Å². The van der Waals surface area contributed by atoms with E-state index in [1.807, 2.05) is 0 Å². The number of aliphatic hydroxyl groups excluding tert-OH is 1. The summed E-state index contributed by atoms with van der Waals surface area (Å²) in [6.45, 7) is 6.32. The van der Waals surface area contributed by atoms with Crippen molar-refractivity contribution in [2.24, 2.45) is 28.6 Å². The van der Waals surface area contributed by atoms with Gasteiger partial charge in [-0.25, -0.2) is 0 Å². The lowest BCUT2D eigenvalue weighted by Gasteiger charge is -2.72. The molecule has 7 rings (SSSR count). The molecule has 13 atom stereocenters. The third-order valence-electron chi connectivity index (χ3n) is 11.9. The summed E-state index contributed by atoms with van der Waals surface area (Å²) in [6, 6.07) is -0.191. The molecule has 2 saturated heterocycles. The van der Waals surface area contributed by atoms with Crippen molar-refractivity contribution in [2.75, 3.05) is 41.2 Å². The van der Waals surface area contributed by atoms with Crippen LogP contribution in [0.15, 0.2) is 0 Å². The number of ether oxygens (including phenoxy) is 5. The van der Waals surface area contributed by atoms with Crippen LogP contribution in [0.3, 0.4) is 0 Å². The molecule has 9 unspecified atom stereocenters. The van der Waals surface area contributed by atoms with E-state index in [0.29, 0.717) is 12.8 Å². The van der Waals surface area contributed by atoms with Crippen LogP contribution in [0, 0.1) is 28.6 Å². The van der Waals surface area contributed by atoms with Gasteiger partial charge in [-0.1, -0.05) is 13.8 Å². The van der Waals surface area contributed by atoms with E-state index < -0.39 is 28.3 Å². The number of piperidine rings is 1. The second kappa shape index (κ2) is 6.32. The van der Waals surface area contributed by atoms with Gasteiger partial charge in [0.05, 0.1) is 41.5 Å². The number of fused-ring (bicyclic) bond motifs is 1. The Morgan fingerprint density at radius 2 is 1.85 bits per heavy atom. The fourth-order valence-electron chi connectivity index (χ4n) is 11.5. The minimum atomic E-state index is -1.12. The SMILES string of the molecule is CCN1C[C@]2(C)CCC(OC)C34C1C1(OCO[C@@]15C[C@H](OC)C1C[C@]3(O)C5C1OC)C(O)C42. The first kappa shape index (κ1) is 21.9. The van der Waals surface area contributed by atoms with Crippen molar-refractivity contribution >= 4 is 0 Å². The van der Waals surface area contributed by atoms with Gasteiger partial charge in [0.15, 0.2) is 0 Å². The summed E-state index contributed by atoms with van der Waals surface area (Å²) in [5.41, 5.74) is -3.76. The Morgan fingerprint density at radius 1 is 1.06 bits per heavy atom. The normalized spacial score (nSPS) is 64.8. The van der Waals surface area contributed by atoms with Crippen LogP contribution in [0.4, 0.5) is 0 Å². The van der Waals surface area contributed by atoms with Crippen molar-refractivity contribution in [3.05, 3.63) is 0 Å². The molecular weight excluding hydrogens is 426 g/mol. The molecule has 33 heavy (non-hydrogen) atoms. The molecule has 7 aliphatic rings. The zero-order valence-electron chi connectivity index (χ0n) is 20.5. The van der Waals surface area contributed by atoms with E-state index in [0.717, 1.165) is 25.9 Å². The van der Waals surface area contributed by atoms with E-state index in [4.69, 9.17) is 23.7 Å². The van der Waals surface area contributed by atoms with Crippen LogP contribution in [0.5, 0.6) is 0 Å². The minimum Gasteiger partial charge on any atom is -0.390 e. The number of hydrogen-bond acceptors (Lipinski definition) is 8. The Bertz CT molecular complexity index is 874. The lowest BCUT2D eigenvalue weighted by Crippen LogP contribution is -2.85. The predicted molar refractivity (Wildman–Crippen MR) is 116 cm³/mol. The molecule has 0 aromatic rings. The summed E-state index contributed by atoms with van der Waals surface area (Å²) in [5.74, 6) is -0.376. The number of methoxy groups -OCH3 is 3. The highest BCUT2D eigenvalue weighted by Gasteiger charge is 2.96. The van der Waals surface area contributed by atoms with Gasteiger partial charge in [-0.2, -0.15) is 0 Å². The molecule has 0 radical (unpaired) electrons. The van der Waals surface area contributed by atoms with Crippen LogP contribution in [0.1, 0.15) is 39.5 Å². The standard InChI is InChI=1S/C25H39NO7/c1-6-26-11-21(2)8-7-15(30-4)24-18(21)19(27)25(20(24)26)23(32-12-33-25)10-14(29-3)13-9-22(24,28)17(23)16(13)31-5/h13-20,27-28H,6-12H2,1-5H3/t13?,14-,15?,16?,17?,18?,19?,20?,21-,22-,23+,24?,25?/m0/s1. The topological polar surface area (TPSA) is 89.9 Å².